The summed E-state index contributed by atoms with van der Waals surface area (Å²) in [7, 11) is 0. The summed E-state index contributed by atoms with van der Waals surface area (Å²) in [6.45, 7) is 0. The molecule has 8 nitrogen and oxygen atoms in total. The number of aliphatic hydroxyl groups is 2. The van der Waals surface area contributed by atoms with Crippen LogP contribution in [0.4, 0.5) is 0 Å². The van der Waals surface area contributed by atoms with Crippen molar-refractivity contribution in [1.29, 1.82) is 0 Å². The van der Waals surface area contributed by atoms with Gasteiger partial charge in [-0.1, -0.05) is 36.4 Å². The van der Waals surface area contributed by atoms with Gasteiger partial charge in [0.1, 0.15) is 0 Å². The third-order valence-electron chi connectivity index (χ3n) is 8.62. The number of pyridine rings is 6. The molecule has 0 unspecified atom stereocenters. The minimum Gasteiger partial charge on any atom is -0.389 e. The molecule has 234 valence electrons. The molecule has 0 aromatic carbocycles. The van der Waals surface area contributed by atoms with E-state index in [4.69, 9.17) is 19.9 Å². The summed E-state index contributed by atoms with van der Waals surface area (Å²) in [6, 6.07) is 34.8. The van der Waals surface area contributed by atoms with E-state index >= 15 is 0 Å². The normalized spacial score (nSPS) is 19.1. The monoisotopic (exact) mass is 798 g/mol. The minimum atomic E-state index is -0.952. The third-order valence-corrected chi connectivity index (χ3v) is 8.62. The van der Waals surface area contributed by atoms with Crippen LogP contribution < -0.4 is 0 Å². The van der Waals surface area contributed by atoms with Crippen LogP contribution in [0.3, 0.4) is 0 Å². The molecule has 1 fully saturated rings. The van der Waals surface area contributed by atoms with Gasteiger partial charge in [-0.3, -0.25) is 19.9 Å². The van der Waals surface area contributed by atoms with E-state index in [1.807, 2.05) is 109 Å². The maximum Gasteiger partial charge on any atom is 2.00 e. The number of hydrogen-bond acceptors (Lipinski definition) is 8. The average molecular weight is 797 g/mol. The molecule has 6 heterocycles. The molecule has 0 aliphatic heterocycles. The topological polar surface area (TPSA) is 118 Å². The molecule has 47 heavy (non-hydrogen) atoms. The number of aromatic nitrogens is 6. The van der Waals surface area contributed by atoms with E-state index in [0.717, 1.165) is 56.9 Å². The van der Waals surface area contributed by atoms with E-state index in [-0.39, 0.29) is 19.8 Å². The number of rotatable bonds is 8. The molecule has 0 spiro atoms. The molecule has 9 heteroatoms. The summed E-state index contributed by atoms with van der Waals surface area (Å²) in [6.07, 6.45) is 6.19. The molecule has 0 bridgehead atoms. The van der Waals surface area contributed by atoms with E-state index in [2.05, 4.69) is 9.97 Å². The van der Waals surface area contributed by atoms with Crippen LogP contribution in [0.1, 0.15) is 37.1 Å². The molecule has 0 saturated heterocycles. The Balaban J connectivity index is 0.00000386. The van der Waals surface area contributed by atoms with Gasteiger partial charge in [0.15, 0.2) is 0 Å². The van der Waals surface area contributed by atoms with Crippen molar-refractivity contribution in [2.45, 2.75) is 49.7 Å². The van der Waals surface area contributed by atoms with E-state index < -0.39 is 11.2 Å². The van der Waals surface area contributed by atoms with E-state index in [9.17, 15) is 10.2 Å². The fourth-order valence-corrected chi connectivity index (χ4v) is 6.12. The predicted molar refractivity (Wildman–Crippen MR) is 177 cm³/mol. The third kappa shape index (κ3) is 7.72. The van der Waals surface area contributed by atoms with Gasteiger partial charge in [0.2, 0.25) is 0 Å². The SMILES string of the molecule is OC1(Cc2cccc(-c3cccc(-c4ccccn4)n3)n2)CCC(O)(Cc2cccc(-c3cccc(-c4ccccn4)n3)n2)CC1.[Os+2]. The number of hydrogen-bond donors (Lipinski definition) is 2. The van der Waals surface area contributed by atoms with Gasteiger partial charge in [0.05, 0.1) is 56.8 Å². The molecule has 0 amide bonds. The van der Waals surface area contributed by atoms with Crippen molar-refractivity contribution < 1.29 is 30.0 Å². The van der Waals surface area contributed by atoms with Gasteiger partial charge < -0.3 is 10.2 Å². The Morgan fingerprint density at radius 2 is 0.723 bits per heavy atom. The van der Waals surface area contributed by atoms with E-state index in [1.165, 1.54) is 0 Å². The van der Waals surface area contributed by atoms with Crippen LogP contribution >= 0.6 is 0 Å². The second-order valence-corrected chi connectivity index (χ2v) is 12.1. The molecule has 1 saturated carbocycles. The van der Waals surface area contributed by atoms with Crippen LogP contribution in [0.5, 0.6) is 0 Å². The predicted octanol–water partition coefficient (Wildman–Crippen LogP) is 6.54. The zero-order valence-electron chi connectivity index (χ0n) is 25.7. The zero-order valence-corrected chi connectivity index (χ0v) is 28.3. The molecule has 0 atom stereocenters. The first-order valence-electron chi connectivity index (χ1n) is 15.6. The maximum atomic E-state index is 11.6. The van der Waals surface area contributed by atoms with Crippen LogP contribution in [-0.4, -0.2) is 51.3 Å². The van der Waals surface area contributed by atoms with Gasteiger partial charge >= 0.3 is 19.8 Å². The van der Waals surface area contributed by atoms with Crippen molar-refractivity contribution in [1.82, 2.24) is 29.9 Å². The maximum absolute atomic E-state index is 11.6. The summed E-state index contributed by atoms with van der Waals surface area (Å²) in [5.74, 6) is 0. The molecular formula is C38H34N6O2Os+2. The van der Waals surface area contributed by atoms with Gasteiger partial charge in [0.25, 0.3) is 0 Å². The second-order valence-electron chi connectivity index (χ2n) is 12.1. The molecular weight excluding hydrogens is 763 g/mol. The van der Waals surface area contributed by atoms with Gasteiger partial charge in [0, 0.05) is 36.6 Å². The van der Waals surface area contributed by atoms with Crippen molar-refractivity contribution >= 4 is 0 Å². The van der Waals surface area contributed by atoms with Crippen LogP contribution in [0.15, 0.2) is 122 Å². The van der Waals surface area contributed by atoms with E-state index in [1.54, 1.807) is 12.4 Å². The first-order valence-corrected chi connectivity index (χ1v) is 15.6. The number of nitrogens with zero attached hydrogens (tertiary/aromatic N) is 6. The summed E-state index contributed by atoms with van der Waals surface area (Å²) in [5, 5.41) is 23.2. The molecule has 2 N–H and O–H groups in total. The molecule has 1 aliphatic carbocycles. The summed E-state index contributed by atoms with van der Waals surface area (Å²) >= 11 is 0. The first kappa shape index (κ1) is 32.4. The van der Waals surface area contributed by atoms with Crippen molar-refractivity contribution in [3.8, 4) is 45.6 Å². The van der Waals surface area contributed by atoms with Crippen molar-refractivity contribution in [2.24, 2.45) is 0 Å². The minimum absolute atomic E-state index is 0. The zero-order chi connectivity index (χ0) is 31.4. The van der Waals surface area contributed by atoms with Crippen molar-refractivity contribution in [3.63, 3.8) is 0 Å². The summed E-state index contributed by atoms with van der Waals surface area (Å²) < 4.78 is 0. The summed E-state index contributed by atoms with van der Waals surface area (Å²) in [5.41, 5.74) is 5.86. The Bertz CT molecular complexity index is 1810. The second kappa shape index (κ2) is 14.1. The molecule has 6 aromatic rings. The Morgan fingerprint density at radius 1 is 0.404 bits per heavy atom. The fraction of sp³-hybridized carbons (Fsp3) is 0.211. The molecule has 0 radical (unpaired) electrons. The van der Waals surface area contributed by atoms with Gasteiger partial charge in [-0.25, -0.2) is 9.97 Å². The van der Waals surface area contributed by atoms with Crippen LogP contribution in [0.2, 0.25) is 0 Å². The van der Waals surface area contributed by atoms with Crippen molar-refractivity contribution in [2.75, 3.05) is 0 Å². The average Bonchev–Trinajstić information content (AvgIpc) is 3.11. The molecule has 1 aliphatic rings. The van der Waals surface area contributed by atoms with Crippen LogP contribution in [0.25, 0.3) is 45.6 Å². The summed E-state index contributed by atoms with van der Waals surface area (Å²) in [4.78, 5) is 28.1. The quantitative estimate of drug-likeness (QED) is 0.178. The van der Waals surface area contributed by atoms with Crippen LogP contribution in [0, 0.1) is 0 Å². The Hall–Kier alpha value is -4.54. The van der Waals surface area contributed by atoms with E-state index in [0.29, 0.717) is 38.5 Å². The van der Waals surface area contributed by atoms with Gasteiger partial charge in [-0.2, -0.15) is 0 Å². The fourth-order valence-electron chi connectivity index (χ4n) is 6.12. The van der Waals surface area contributed by atoms with Gasteiger partial charge in [-0.15, -0.1) is 0 Å². The molecule has 6 aromatic heterocycles. The first-order chi connectivity index (χ1) is 22.4. The van der Waals surface area contributed by atoms with Crippen LogP contribution in [-0.2, 0) is 32.6 Å². The standard InChI is InChI=1S/C38H34N6O2.Os/c45-37(25-27-9-5-13-33(41-27)35-17-7-15-31(43-35)29-11-1-3-23-39-29)19-21-38(46,22-20-37)26-28-10-6-14-34(42-28)36-18-8-16-32(44-36)30-12-2-4-24-40-30;/h1-18,23-24,45-46H,19-22,25-26H2;/q;+2. The Kier molecular flexibility index (Phi) is 9.70. The largest absolute Gasteiger partial charge is 2.00 e. The van der Waals surface area contributed by atoms with Crippen molar-refractivity contribution in [3.05, 3.63) is 133 Å². The van der Waals surface area contributed by atoms with Gasteiger partial charge in [-0.05, 0) is 98.5 Å². The smallest absolute Gasteiger partial charge is 0.389 e. The molecule has 7 rings (SSSR count). The Labute approximate surface area is 287 Å². The Morgan fingerprint density at radius 3 is 1.09 bits per heavy atom.